The summed E-state index contributed by atoms with van der Waals surface area (Å²) >= 11 is 11.7. The molecule has 9 heteroatoms. The summed E-state index contributed by atoms with van der Waals surface area (Å²) in [6.45, 7) is 3.97. The molecule has 0 unspecified atom stereocenters. The molecular weight excluding hydrogens is 379 g/mol. The highest BCUT2D eigenvalue weighted by molar-refractivity contribution is 6.41. The number of nitrogens with zero attached hydrogens (tertiary/aromatic N) is 4. The Hall–Kier alpha value is -2.64. The fourth-order valence-electron chi connectivity index (χ4n) is 2.11. The van der Waals surface area contributed by atoms with Crippen molar-refractivity contribution in [1.82, 2.24) is 19.7 Å². The van der Waals surface area contributed by atoms with Crippen LogP contribution in [-0.4, -0.2) is 26.9 Å². The van der Waals surface area contributed by atoms with Crippen LogP contribution in [0.25, 0.3) is 5.82 Å². The van der Waals surface area contributed by atoms with Crippen LogP contribution in [-0.2, 0) is 0 Å². The van der Waals surface area contributed by atoms with E-state index in [-0.39, 0.29) is 27.8 Å². The van der Waals surface area contributed by atoms with Crippen molar-refractivity contribution in [1.29, 1.82) is 0 Å². The summed E-state index contributed by atoms with van der Waals surface area (Å²) in [4.78, 5) is 20.6. The molecule has 3 rings (SSSR count). The number of hydrogen-bond acceptors (Lipinski definition) is 6. The van der Waals surface area contributed by atoms with Crippen molar-refractivity contribution in [2.45, 2.75) is 13.8 Å². The van der Waals surface area contributed by atoms with Crippen molar-refractivity contribution in [2.75, 3.05) is 7.11 Å². The van der Waals surface area contributed by atoms with Gasteiger partial charge in [0.05, 0.1) is 18.3 Å². The molecule has 0 saturated heterocycles. The van der Waals surface area contributed by atoms with E-state index < -0.39 is 5.56 Å². The van der Waals surface area contributed by atoms with Crippen LogP contribution in [0.4, 0.5) is 0 Å². The molecular formula is C17H14Cl2N4O3. The molecule has 0 aliphatic rings. The normalized spacial score (nSPS) is 10.7. The lowest BCUT2D eigenvalue weighted by Crippen LogP contribution is -2.22. The molecule has 0 saturated carbocycles. The molecule has 3 aromatic rings. The van der Waals surface area contributed by atoms with E-state index >= 15 is 0 Å². The van der Waals surface area contributed by atoms with Crippen LogP contribution >= 0.6 is 23.2 Å². The molecule has 0 atom stereocenters. The lowest BCUT2D eigenvalue weighted by Gasteiger charge is -2.10. The fraction of sp³-hybridized carbons (Fsp3) is 0.176. The van der Waals surface area contributed by atoms with E-state index in [4.69, 9.17) is 32.7 Å². The minimum Gasteiger partial charge on any atom is -0.481 e. The van der Waals surface area contributed by atoms with Gasteiger partial charge in [-0.05, 0) is 37.1 Å². The maximum atomic E-state index is 12.3. The van der Waals surface area contributed by atoms with Crippen molar-refractivity contribution in [2.24, 2.45) is 0 Å². The summed E-state index contributed by atoms with van der Waals surface area (Å²) in [6.07, 6.45) is 1.25. The van der Waals surface area contributed by atoms with Gasteiger partial charge in [-0.25, -0.2) is 0 Å². The van der Waals surface area contributed by atoms with Gasteiger partial charge in [0, 0.05) is 6.07 Å². The van der Waals surface area contributed by atoms with Crippen molar-refractivity contribution >= 4 is 23.2 Å². The van der Waals surface area contributed by atoms with Gasteiger partial charge < -0.3 is 9.47 Å². The number of benzene rings is 1. The van der Waals surface area contributed by atoms with Gasteiger partial charge in [-0.1, -0.05) is 29.3 Å². The second-order valence-electron chi connectivity index (χ2n) is 5.42. The third-order valence-corrected chi connectivity index (χ3v) is 4.41. The van der Waals surface area contributed by atoms with E-state index in [0.717, 1.165) is 15.8 Å². The number of methoxy groups -OCH3 is 1. The van der Waals surface area contributed by atoms with Crippen molar-refractivity contribution in [3.8, 4) is 23.5 Å². The number of aromatic nitrogens is 4. The summed E-state index contributed by atoms with van der Waals surface area (Å²) in [5.41, 5.74) is 1.58. The zero-order chi connectivity index (χ0) is 18.8. The Kier molecular flexibility index (Phi) is 5.11. The highest BCUT2D eigenvalue weighted by atomic mass is 35.5. The maximum Gasteiger partial charge on any atom is 0.327 e. The summed E-state index contributed by atoms with van der Waals surface area (Å²) in [5.74, 6) is 0.898. The third kappa shape index (κ3) is 3.63. The van der Waals surface area contributed by atoms with Crippen molar-refractivity contribution < 1.29 is 9.47 Å². The second-order valence-corrected chi connectivity index (χ2v) is 6.21. The molecule has 0 amide bonds. The van der Waals surface area contributed by atoms with Crippen LogP contribution in [0.15, 0.2) is 35.3 Å². The molecule has 0 spiro atoms. The molecule has 0 aliphatic carbocycles. The van der Waals surface area contributed by atoms with Crippen molar-refractivity contribution in [3.05, 3.63) is 62.0 Å². The fourth-order valence-corrected chi connectivity index (χ4v) is 2.36. The molecule has 134 valence electrons. The molecule has 2 aromatic heterocycles. The Labute approximate surface area is 159 Å². The number of rotatable bonds is 4. The van der Waals surface area contributed by atoms with Crippen LogP contribution in [0.5, 0.6) is 17.6 Å². The van der Waals surface area contributed by atoms with Gasteiger partial charge in [-0.2, -0.15) is 19.7 Å². The van der Waals surface area contributed by atoms with Gasteiger partial charge in [0.2, 0.25) is 5.88 Å². The maximum absolute atomic E-state index is 12.3. The highest BCUT2D eigenvalue weighted by Crippen LogP contribution is 2.24. The first-order valence-electron chi connectivity index (χ1n) is 7.51. The Bertz CT molecular complexity index is 1040. The van der Waals surface area contributed by atoms with Crippen LogP contribution in [0.3, 0.4) is 0 Å². The summed E-state index contributed by atoms with van der Waals surface area (Å²) in [7, 11) is 1.44. The van der Waals surface area contributed by atoms with Gasteiger partial charge in [-0.3, -0.25) is 4.79 Å². The SMILES string of the molecule is COc1cc(-n2ncc(Cl)c(Cl)c2=O)nc(Oc2ccc(C)c(C)c2)n1. The van der Waals surface area contributed by atoms with E-state index in [0.29, 0.717) is 5.75 Å². The van der Waals surface area contributed by atoms with Gasteiger partial charge in [0.25, 0.3) is 5.56 Å². The van der Waals surface area contributed by atoms with Gasteiger partial charge in [0.15, 0.2) is 5.82 Å². The standard InChI is InChI=1S/C17H14Cl2N4O3/c1-9-4-5-11(6-10(9)2)26-17-21-13(7-14(22-17)25-3)23-16(24)15(19)12(18)8-20-23/h4-8H,1-3H3. The summed E-state index contributed by atoms with van der Waals surface area (Å²) in [6, 6.07) is 7.03. The molecule has 0 radical (unpaired) electrons. The molecule has 26 heavy (non-hydrogen) atoms. The minimum atomic E-state index is -0.614. The van der Waals surface area contributed by atoms with Crippen LogP contribution < -0.4 is 15.0 Å². The first-order valence-corrected chi connectivity index (χ1v) is 8.26. The molecule has 1 aromatic carbocycles. The molecule has 0 fully saturated rings. The zero-order valence-electron chi connectivity index (χ0n) is 14.2. The number of hydrogen-bond donors (Lipinski definition) is 0. The Morgan fingerprint density at radius 1 is 1.08 bits per heavy atom. The number of ether oxygens (including phenoxy) is 2. The van der Waals surface area contributed by atoms with Crippen molar-refractivity contribution in [3.63, 3.8) is 0 Å². The van der Waals surface area contributed by atoms with E-state index in [1.54, 1.807) is 6.07 Å². The Morgan fingerprint density at radius 2 is 1.85 bits per heavy atom. The van der Waals surface area contributed by atoms with E-state index in [2.05, 4.69) is 15.1 Å². The number of aryl methyl sites for hydroxylation is 2. The predicted molar refractivity (Wildman–Crippen MR) is 98.0 cm³/mol. The average Bonchev–Trinajstić information content (AvgIpc) is 2.62. The molecule has 0 aliphatic heterocycles. The van der Waals surface area contributed by atoms with Crippen LogP contribution in [0.1, 0.15) is 11.1 Å². The Balaban J connectivity index is 2.06. The molecule has 2 heterocycles. The summed E-state index contributed by atoms with van der Waals surface area (Å²) < 4.78 is 11.9. The summed E-state index contributed by atoms with van der Waals surface area (Å²) in [5, 5.41) is 3.84. The molecule has 0 bridgehead atoms. The lowest BCUT2D eigenvalue weighted by atomic mass is 10.1. The quantitative estimate of drug-likeness (QED) is 0.672. The van der Waals surface area contributed by atoms with Gasteiger partial charge in [-0.15, -0.1) is 0 Å². The van der Waals surface area contributed by atoms with E-state index in [1.807, 2.05) is 26.0 Å². The largest absolute Gasteiger partial charge is 0.481 e. The van der Waals surface area contributed by atoms with Crippen LogP contribution in [0, 0.1) is 13.8 Å². The highest BCUT2D eigenvalue weighted by Gasteiger charge is 2.14. The second kappa shape index (κ2) is 7.31. The smallest absolute Gasteiger partial charge is 0.327 e. The van der Waals surface area contributed by atoms with Crippen LogP contribution in [0.2, 0.25) is 10.0 Å². The van der Waals surface area contributed by atoms with Gasteiger partial charge >= 0.3 is 6.01 Å². The predicted octanol–water partition coefficient (Wildman–Crippen LogP) is 3.75. The molecule has 0 N–H and O–H groups in total. The number of halogens is 2. The van der Waals surface area contributed by atoms with Gasteiger partial charge in [0.1, 0.15) is 10.8 Å². The van der Waals surface area contributed by atoms with E-state index in [9.17, 15) is 4.79 Å². The molecule has 7 nitrogen and oxygen atoms in total. The zero-order valence-corrected chi connectivity index (χ0v) is 15.7. The topological polar surface area (TPSA) is 79.1 Å². The Morgan fingerprint density at radius 3 is 2.54 bits per heavy atom. The third-order valence-electron chi connectivity index (χ3n) is 3.66. The van der Waals surface area contributed by atoms with E-state index in [1.165, 1.54) is 19.4 Å². The monoisotopic (exact) mass is 392 g/mol. The average molecular weight is 393 g/mol. The minimum absolute atomic E-state index is 0.00220. The lowest BCUT2D eigenvalue weighted by molar-refractivity contribution is 0.375. The first-order chi connectivity index (χ1) is 12.4. The first kappa shape index (κ1) is 18.2.